The van der Waals surface area contributed by atoms with E-state index in [0.717, 1.165) is 0 Å². The van der Waals surface area contributed by atoms with Crippen molar-refractivity contribution < 1.29 is 28.5 Å². The molecule has 0 bridgehead atoms. The number of imide groups is 1. The van der Waals surface area contributed by atoms with E-state index in [1.165, 1.54) is 19.1 Å². The summed E-state index contributed by atoms with van der Waals surface area (Å²) < 4.78 is 21.5. The number of anilines is 1. The zero-order valence-corrected chi connectivity index (χ0v) is 18.9. The molecule has 0 aliphatic carbocycles. The molecule has 2 aromatic rings. The molecule has 8 heteroatoms. The first-order chi connectivity index (χ1) is 15.4. The van der Waals surface area contributed by atoms with Crippen LogP contribution in [0.5, 0.6) is 17.2 Å². The molecule has 0 saturated heterocycles. The van der Waals surface area contributed by atoms with E-state index in [1.54, 1.807) is 49.6 Å². The maximum absolute atomic E-state index is 13.3. The average molecular weight is 440 g/mol. The highest BCUT2D eigenvalue weighted by molar-refractivity contribution is 6.36. The zero-order chi connectivity index (χ0) is 23.3. The number of rotatable bonds is 10. The van der Waals surface area contributed by atoms with Gasteiger partial charge in [0.2, 0.25) is 0 Å². The maximum Gasteiger partial charge on any atom is 0.278 e. The van der Waals surface area contributed by atoms with Crippen molar-refractivity contribution in [3.8, 4) is 17.2 Å². The van der Waals surface area contributed by atoms with E-state index >= 15 is 0 Å². The number of hydrogen-bond acceptors (Lipinski definition) is 7. The molecule has 1 heterocycles. The lowest BCUT2D eigenvalue weighted by Crippen LogP contribution is -2.35. The molecule has 1 N–H and O–H groups in total. The van der Waals surface area contributed by atoms with Gasteiger partial charge in [-0.3, -0.25) is 14.5 Å². The number of methoxy groups -OCH3 is 3. The molecule has 0 aromatic heterocycles. The van der Waals surface area contributed by atoms with E-state index in [4.69, 9.17) is 18.9 Å². The monoisotopic (exact) mass is 440 g/mol. The lowest BCUT2D eigenvalue weighted by molar-refractivity contribution is -0.137. The minimum atomic E-state index is -0.421. The predicted octanol–water partition coefficient (Wildman–Crippen LogP) is 3.33. The third-order valence-corrected chi connectivity index (χ3v) is 4.95. The first-order valence-corrected chi connectivity index (χ1v) is 10.2. The lowest BCUT2D eigenvalue weighted by Gasteiger charge is -2.16. The van der Waals surface area contributed by atoms with E-state index in [0.29, 0.717) is 28.5 Å². The Kier molecular flexibility index (Phi) is 7.37. The van der Waals surface area contributed by atoms with E-state index in [2.05, 4.69) is 5.32 Å². The minimum absolute atomic E-state index is 0.00420. The van der Waals surface area contributed by atoms with Gasteiger partial charge in [-0.1, -0.05) is 12.1 Å². The fraction of sp³-hybridized carbons (Fsp3) is 0.333. The molecule has 0 spiro atoms. The fourth-order valence-electron chi connectivity index (χ4n) is 3.38. The summed E-state index contributed by atoms with van der Waals surface area (Å²) in [4.78, 5) is 27.8. The van der Waals surface area contributed by atoms with Crippen LogP contribution in [0.15, 0.2) is 48.2 Å². The highest BCUT2D eigenvalue weighted by atomic mass is 16.5. The largest absolute Gasteiger partial charge is 0.497 e. The number of carbonyl (C=O) groups excluding carboxylic acids is 2. The molecule has 3 rings (SSSR count). The summed E-state index contributed by atoms with van der Waals surface area (Å²) in [5.41, 5.74) is 1.60. The molecular weight excluding hydrogens is 412 g/mol. The van der Waals surface area contributed by atoms with Crippen LogP contribution in [0.4, 0.5) is 5.69 Å². The molecular formula is C24H28N2O6. The van der Waals surface area contributed by atoms with Gasteiger partial charge >= 0.3 is 0 Å². The Labute approximate surface area is 187 Å². The summed E-state index contributed by atoms with van der Waals surface area (Å²) in [6.45, 7) is 4.20. The SMILES string of the molecule is COc1cccc(NC2=C(c3ccc(OC)c(OC)c3)C(=O)N(CCOC(C)C)C2=O)c1. The van der Waals surface area contributed by atoms with E-state index in [1.807, 2.05) is 13.8 Å². The predicted molar refractivity (Wildman–Crippen MR) is 121 cm³/mol. The van der Waals surface area contributed by atoms with E-state index in [9.17, 15) is 9.59 Å². The van der Waals surface area contributed by atoms with E-state index < -0.39 is 11.8 Å². The van der Waals surface area contributed by atoms with Gasteiger partial charge < -0.3 is 24.3 Å². The Hall–Kier alpha value is -3.52. The highest BCUT2D eigenvalue weighted by Gasteiger charge is 2.39. The number of nitrogens with one attached hydrogen (secondary N) is 1. The van der Waals surface area contributed by atoms with Crippen molar-refractivity contribution in [1.82, 2.24) is 4.90 Å². The lowest BCUT2D eigenvalue weighted by atomic mass is 10.0. The van der Waals surface area contributed by atoms with Gasteiger partial charge in [0.05, 0.1) is 46.2 Å². The van der Waals surface area contributed by atoms with Gasteiger partial charge in [0.15, 0.2) is 11.5 Å². The Morgan fingerprint density at radius 2 is 1.66 bits per heavy atom. The molecule has 0 atom stereocenters. The number of carbonyl (C=O) groups is 2. The summed E-state index contributed by atoms with van der Waals surface area (Å²) >= 11 is 0. The summed E-state index contributed by atoms with van der Waals surface area (Å²) in [5.74, 6) is 0.787. The normalized spacial score (nSPS) is 13.8. The third kappa shape index (κ3) is 4.86. The molecule has 2 amide bonds. The molecule has 0 saturated carbocycles. The van der Waals surface area contributed by atoms with Crippen LogP contribution in [0.2, 0.25) is 0 Å². The molecule has 0 radical (unpaired) electrons. The van der Waals surface area contributed by atoms with Gasteiger partial charge in [-0.05, 0) is 43.7 Å². The fourth-order valence-corrected chi connectivity index (χ4v) is 3.38. The smallest absolute Gasteiger partial charge is 0.278 e. The number of nitrogens with zero attached hydrogens (tertiary/aromatic N) is 1. The molecule has 8 nitrogen and oxygen atoms in total. The maximum atomic E-state index is 13.3. The van der Waals surface area contributed by atoms with Gasteiger partial charge in [-0.15, -0.1) is 0 Å². The second-order valence-corrected chi connectivity index (χ2v) is 7.36. The van der Waals surface area contributed by atoms with Crippen molar-refractivity contribution in [2.75, 3.05) is 39.8 Å². The van der Waals surface area contributed by atoms with Crippen molar-refractivity contribution in [3.63, 3.8) is 0 Å². The van der Waals surface area contributed by atoms with Gasteiger partial charge in [0, 0.05) is 11.8 Å². The second-order valence-electron chi connectivity index (χ2n) is 7.36. The molecule has 1 aliphatic rings. The minimum Gasteiger partial charge on any atom is -0.497 e. The Morgan fingerprint density at radius 1 is 0.906 bits per heavy atom. The number of benzene rings is 2. The van der Waals surface area contributed by atoms with Crippen LogP contribution in [0.1, 0.15) is 19.4 Å². The quantitative estimate of drug-likeness (QED) is 0.567. The number of amides is 2. The van der Waals surface area contributed by atoms with Crippen LogP contribution in [0.3, 0.4) is 0 Å². The second kappa shape index (κ2) is 10.2. The Bertz CT molecular complexity index is 1030. The van der Waals surface area contributed by atoms with Crippen LogP contribution in [-0.4, -0.2) is 57.3 Å². The average Bonchev–Trinajstić information content (AvgIpc) is 3.02. The standard InChI is InChI=1S/C24H28N2O6/c1-15(2)32-12-11-26-23(27)21(16-9-10-19(30-4)20(13-16)31-5)22(24(26)28)25-17-7-6-8-18(14-17)29-3/h6-10,13-15,25H,11-12H2,1-5H3. The van der Waals surface area contributed by atoms with Crippen molar-refractivity contribution in [3.05, 3.63) is 53.7 Å². The number of ether oxygens (including phenoxy) is 4. The number of hydrogen-bond donors (Lipinski definition) is 1. The van der Waals surface area contributed by atoms with Crippen LogP contribution < -0.4 is 19.5 Å². The highest BCUT2D eigenvalue weighted by Crippen LogP contribution is 2.35. The van der Waals surface area contributed by atoms with Crippen molar-refractivity contribution in [2.45, 2.75) is 20.0 Å². The van der Waals surface area contributed by atoms with Gasteiger partial charge in [0.1, 0.15) is 11.4 Å². The summed E-state index contributed by atoms with van der Waals surface area (Å²) in [6.07, 6.45) is -0.00420. The first kappa shape index (κ1) is 23.1. The Morgan fingerprint density at radius 3 is 2.31 bits per heavy atom. The molecule has 1 aliphatic heterocycles. The van der Waals surface area contributed by atoms with Crippen LogP contribution >= 0.6 is 0 Å². The Balaban J connectivity index is 2.03. The molecule has 32 heavy (non-hydrogen) atoms. The van der Waals surface area contributed by atoms with Crippen molar-refractivity contribution in [1.29, 1.82) is 0 Å². The van der Waals surface area contributed by atoms with Crippen LogP contribution in [0, 0.1) is 0 Å². The molecule has 2 aromatic carbocycles. The molecule has 0 unspecified atom stereocenters. The summed E-state index contributed by atoms with van der Waals surface area (Å²) in [5, 5.41) is 3.11. The third-order valence-electron chi connectivity index (χ3n) is 4.95. The zero-order valence-electron chi connectivity index (χ0n) is 18.9. The van der Waals surface area contributed by atoms with Gasteiger partial charge in [-0.2, -0.15) is 0 Å². The van der Waals surface area contributed by atoms with Crippen molar-refractivity contribution >= 4 is 23.1 Å². The molecule has 170 valence electrons. The summed E-state index contributed by atoms with van der Waals surface area (Å²) in [7, 11) is 4.62. The topological polar surface area (TPSA) is 86.3 Å². The first-order valence-electron chi connectivity index (χ1n) is 10.2. The van der Waals surface area contributed by atoms with Crippen LogP contribution in [0.25, 0.3) is 5.57 Å². The van der Waals surface area contributed by atoms with E-state index in [-0.39, 0.29) is 30.5 Å². The van der Waals surface area contributed by atoms with Crippen LogP contribution in [-0.2, 0) is 14.3 Å². The van der Waals surface area contributed by atoms with Gasteiger partial charge in [0.25, 0.3) is 11.8 Å². The summed E-state index contributed by atoms with van der Waals surface area (Å²) in [6, 6.07) is 12.3. The van der Waals surface area contributed by atoms with Gasteiger partial charge in [-0.25, -0.2) is 0 Å². The van der Waals surface area contributed by atoms with Crippen molar-refractivity contribution in [2.24, 2.45) is 0 Å². The molecule has 0 fully saturated rings.